The van der Waals surface area contributed by atoms with Crippen molar-refractivity contribution in [3.05, 3.63) is 41.9 Å². The van der Waals surface area contributed by atoms with E-state index in [9.17, 15) is 0 Å². The zero-order chi connectivity index (χ0) is 23.7. The average Bonchev–Trinajstić information content (AvgIpc) is 3.48. The molecule has 2 aliphatic carbocycles. The molecule has 0 unspecified atom stereocenters. The molecule has 1 aliphatic heterocycles. The van der Waals surface area contributed by atoms with Crippen molar-refractivity contribution in [3.8, 4) is 16.6 Å². The van der Waals surface area contributed by atoms with Crippen molar-refractivity contribution in [2.24, 2.45) is 5.41 Å². The third-order valence-corrected chi connectivity index (χ3v) is 8.52. The number of nitrogens with zero attached hydrogens (tertiary/aromatic N) is 5. The Morgan fingerprint density at radius 1 is 1.11 bits per heavy atom. The molecule has 0 aromatic carbocycles. The van der Waals surface area contributed by atoms with Crippen molar-refractivity contribution in [1.82, 2.24) is 24.8 Å². The molecule has 8 nitrogen and oxygen atoms in total. The molecule has 0 amide bonds. The molecule has 9 heteroatoms. The molecule has 3 aliphatic rings. The van der Waals surface area contributed by atoms with Crippen LogP contribution in [0.15, 0.2) is 30.6 Å². The summed E-state index contributed by atoms with van der Waals surface area (Å²) in [6.07, 6.45) is 12.4. The van der Waals surface area contributed by atoms with E-state index in [4.69, 9.17) is 14.5 Å². The monoisotopic (exact) mass is 492 g/mol. The maximum absolute atomic E-state index is 6.15. The Kier molecular flexibility index (Phi) is 6.39. The summed E-state index contributed by atoms with van der Waals surface area (Å²) in [6.45, 7) is 3.65. The van der Waals surface area contributed by atoms with Crippen LogP contribution in [0.2, 0.25) is 0 Å². The van der Waals surface area contributed by atoms with E-state index in [2.05, 4.69) is 31.2 Å². The number of fused-ring (bicyclic) bond motifs is 1. The molecule has 0 saturated heterocycles. The first-order valence-electron chi connectivity index (χ1n) is 12.6. The van der Waals surface area contributed by atoms with Gasteiger partial charge in [-0.1, -0.05) is 17.4 Å². The zero-order valence-electron chi connectivity index (χ0n) is 20.2. The fraction of sp³-hybridized carbons (Fsp3) is 0.538. The summed E-state index contributed by atoms with van der Waals surface area (Å²) in [5.74, 6) is 0.826. The molecular weight excluding hydrogens is 460 g/mol. The van der Waals surface area contributed by atoms with Crippen LogP contribution in [-0.4, -0.2) is 57.7 Å². The van der Waals surface area contributed by atoms with Gasteiger partial charge < -0.3 is 14.8 Å². The topological polar surface area (TPSA) is 85.3 Å². The summed E-state index contributed by atoms with van der Waals surface area (Å²) in [7, 11) is 1.75. The summed E-state index contributed by atoms with van der Waals surface area (Å²) in [5.41, 5.74) is 3.95. The quantitative estimate of drug-likeness (QED) is 0.478. The molecule has 6 rings (SSSR count). The molecule has 184 valence electrons. The predicted octanol–water partition coefficient (Wildman–Crippen LogP) is 4.84. The van der Waals surface area contributed by atoms with E-state index in [-0.39, 0.29) is 6.10 Å². The fourth-order valence-corrected chi connectivity index (χ4v) is 5.99. The van der Waals surface area contributed by atoms with Crippen LogP contribution in [0.5, 0.6) is 6.01 Å². The van der Waals surface area contributed by atoms with Gasteiger partial charge in [-0.3, -0.25) is 4.90 Å². The van der Waals surface area contributed by atoms with Crippen LogP contribution in [0, 0.1) is 5.41 Å². The van der Waals surface area contributed by atoms with Gasteiger partial charge in [0, 0.05) is 51.3 Å². The summed E-state index contributed by atoms with van der Waals surface area (Å²) in [6, 6.07) is 6.59. The third kappa shape index (κ3) is 5.32. The van der Waals surface area contributed by atoms with Gasteiger partial charge in [0.25, 0.3) is 0 Å². The Bertz CT molecular complexity index is 1170. The van der Waals surface area contributed by atoms with Crippen LogP contribution in [0.25, 0.3) is 10.6 Å². The summed E-state index contributed by atoms with van der Waals surface area (Å²) in [4.78, 5) is 21.8. The van der Waals surface area contributed by atoms with Crippen LogP contribution in [0.1, 0.15) is 49.8 Å². The molecule has 2 saturated carbocycles. The van der Waals surface area contributed by atoms with Crippen LogP contribution in [-0.2, 0) is 17.7 Å². The number of thiazole rings is 1. The molecule has 0 atom stereocenters. The highest BCUT2D eigenvalue weighted by molar-refractivity contribution is 7.18. The minimum Gasteiger partial charge on any atom is -0.460 e. The van der Waals surface area contributed by atoms with Gasteiger partial charge in [-0.25, -0.2) is 15.0 Å². The van der Waals surface area contributed by atoms with Gasteiger partial charge in [-0.05, 0) is 61.6 Å². The van der Waals surface area contributed by atoms with Crippen LogP contribution in [0.4, 0.5) is 10.9 Å². The van der Waals surface area contributed by atoms with E-state index in [1.54, 1.807) is 24.6 Å². The molecule has 3 aromatic heterocycles. The Balaban J connectivity index is 1.08. The van der Waals surface area contributed by atoms with Gasteiger partial charge in [0.1, 0.15) is 11.9 Å². The van der Waals surface area contributed by atoms with E-state index < -0.39 is 0 Å². The van der Waals surface area contributed by atoms with Gasteiger partial charge in [-0.2, -0.15) is 4.98 Å². The number of aromatic nitrogens is 4. The standard InChI is InChI=1S/C26H32N6O2S/c1-33-15-14-32-13-7-20-18(17-32)2-3-23(29-20)31-25-28-16-22(35-25)21-6-12-27-24(30-21)34-19-4-8-26(9-5-19)10-11-26/h2-3,6,12,16,19H,4-5,7-11,13-15,17H2,1H3,(H,28,29,31). The molecule has 1 N–H and O–H groups in total. The van der Waals surface area contributed by atoms with Gasteiger partial charge in [0.15, 0.2) is 5.13 Å². The van der Waals surface area contributed by atoms with E-state index in [1.165, 1.54) is 31.2 Å². The van der Waals surface area contributed by atoms with Crippen LogP contribution < -0.4 is 10.1 Å². The molecule has 0 radical (unpaired) electrons. The molecule has 2 fully saturated rings. The van der Waals surface area contributed by atoms with Gasteiger partial charge in [0.05, 0.1) is 17.2 Å². The van der Waals surface area contributed by atoms with Gasteiger partial charge in [-0.15, -0.1) is 0 Å². The second-order valence-electron chi connectivity index (χ2n) is 10.0. The molecule has 4 heterocycles. The summed E-state index contributed by atoms with van der Waals surface area (Å²) in [5, 5.41) is 4.17. The largest absolute Gasteiger partial charge is 0.460 e. The zero-order valence-corrected chi connectivity index (χ0v) is 21.0. The second-order valence-corrected chi connectivity index (χ2v) is 11.0. The lowest BCUT2D eigenvalue weighted by molar-refractivity contribution is 0.114. The maximum atomic E-state index is 6.15. The number of hydrogen-bond acceptors (Lipinski definition) is 9. The number of rotatable bonds is 8. The summed E-state index contributed by atoms with van der Waals surface area (Å²) >= 11 is 1.56. The van der Waals surface area contributed by atoms with Crippen molar-refractivity contribution < 1.29 is 9.47 Å². The third-order valence-electron chi connectivity index (χ3n) is 7.59. The Morgan fingerprint density at radius 3 is 2.83 bits per heavy atom. The second kappa shape index (κ2) is 9.79. The molecule has 35 heavy (non-hydrogen) atoms. The van der Waals surface area contributed by atoms with Crippen molar-refractivity contribution in [2.45, 2.75) is 57.6 Å². The summed E-state index contributed by atoms with van der Waals surface area (Å²) < 4.78 is 11.4. The smallest absolute Gasteiger partial charge is 0.317 e. The van der Waals surface area contributed by atoms with Crippen molar-refractivity contribution in [3.63, 3.8) is 0 Å². The molecule has 0 bridgehead atoms. The minimum atomic E-state index is 0.234. The maximum Gasteiger partial charge on any atom is 0.317 e. The van der Waals surface area contributed by atoms with Gasteiger partial charge >= 0.3 is 6.01 Å². The first kappa shape index (κ1) is 22.8. The number of hydrogen-bond donors (Lipinski definition) is 1. The molecular formula is C26H32N6O2S. The highest BCUT2D eigenvalue weighted by Gasteiger charge is 2.45. The number of nitrogens with one attached hydrogen (secondary N) is 1. The highest BCUT2D eigenvalue weighted by atomic mass is 32.1. The first-order chi connectivity index (χ1) is 17.2. The van der Waals surface area contributed by atoms with Gasteiger partial charge in [0.2, 0.25) is 0 Å². The lowest BCUT2D eigenvalue weighted by Crippen LogP contribution is -2.33. The van der Waals surface area contributed by atoms with Crippen LogP contribution >= 0.6 is 11.3 Å². The minimum absolute atomic E-state index is 0.234. The van der Waals surface area contributed by atoms with E-state index >= 15 is 0 Å². The van der Waals surface area contributed by atoms with Crippen molar-refractivity contribution in [1.29, 1.82) is 0 Å². The first-order valence-corrected chi connectivity index (χ1v) is 13.4. The molecule has 3 aromatic rings. The normalized spacial score (nSPS) is 19.5. The average molecular weight is 493 g/mol. The fourth-order valence-electron chi connectivity index (χ4n) is 5.20. The Labute approximate surface area is 210 Å². The van der Waals surface area contributed by atoms with Crippen LogP contribution in [0.3, 0.4) is 0 Å². The number of anilines is 2. The predicted molar refractivity (Wildman–Crippen MR) is 136 cm³/mol. The van der Waals surface area contributed by atoms with E-state index in [0.29, 0.717) is 11.4 Å². The SMILES string of the molecule is COCCN1CCc2nc(Nc3ncc(-c4ccnc(OC5CCC6(CC5)CC6)n4)s3)ccc2C1. The lowest BCUT2D eigenvalue weighted by atomic mass is 9.85. The van der Waals surface area contributed by atoms with Crippen molar-refractivity contribution in [2.75, 3.05) is 32.1 Å². The van der Waals surface area contributed by atoms with E-state index in [1.807, 2.05) is 18.3 Å². The molecule has 1 spiro atoms. The van der Waals surface area contributed by atoms with Crippen molar-refractivity contribution >= 4 is 22.3 Å². The number of pyridine rings is 1. The number of methoxy groups -OCH3 is 1. The van der Waals surface area contributed by atoms with E-state index in [0.717, 1.165) is 72.7 Å². The highest BCUT2D eigenvalue weighted by Crippen LogP contribution is 2.56. The Hall–Kier alpha value is -2.62. The Morgan fingerprint density at radius 2 is 2.00 bits per heavy atom. The lowest BCUT2D eigenvalue weighted by Gasteiger charge is -2.28. The number of ether oxygens (including phenoxy) is 2.